The molecule has 0 bridgehead atoms. The van der Waals surface area contributed by atoms with Gasteiger partial charge < -0.3 is 5.32 Å². The van der Waals surface area contributed by atoms with Crippen molar-refractivity contribution in [3.05, 3.63) is 52.1 Å². The molecule has 0 aromatic heterocycles. The molecule has 1 aromatic carbocycles. The van der Waals surface area contributed by atoms with Gasteiger partial charge in [0.15, 0.2) is 0 Å². The molecule has 102 valence electrons. The van der Waals surface area contributed by atoms with Crippen LogP contribution in [0.3, 0.4) is 0 Å². The van der Waals surface area contributed by atoms with Crippen LogP contribution in [-0.4, -0.2) is 11.5 Å². The maximum atomic E-state index is 10.6. The molecule has 4 heteroatoms. The highest BCUT2D eigenvalue weighted by molar-refractivity contribution is 5.34. The third-order valence-electron chi connectivity index (χ3n) is 3.69. The Labute approximate surface area is 113 Å². The minimum atomic E-state index is -0.365. The van der Waals surface area contributed by atoms with Crippen molar-refractivity contribution in [2.45, 2.75) is 32.2 Å². The van der Waals surface area contributed by atoms with Crippen molar-refractivity contribution in [3.63, 3.8) is 0 Å². The van der Waals surface area contributed by atoms with E-state index in [4.69, 9.17) is 0 Å². The van der Waals surface area contributed by atoms with E-state index in [-0.39, 0.29) is 16.7 Å². The van der Waals surface area contributed by atoms with Gasteiger partial charge in [0.2, 0.25) is 0 Å². The summed E-state index contributed by atoms with van der Waals surface area (Å²) in [6.45, 7) is 3.10. The largest absolute Gasteiger partial charge is 0.310 e. The fraction of sp³-hybridized carbons (Fsp3) is 0.467. The number of hydrogen-bond acceptors (Lipinski definition) is 3. The predicted octanol–water partition coefficient (Wildman–Crippen LogP) is 3.60. The summed E-state index contributed by atoms with van der Waals surface area (Å²) in [5.74, 6) is 0.713. The molecule has 0 radical (unpaired) electrons. The zero-order chi connectivity index (χ0) is 13.7. The van der Waals surface area contributed by atoms with Gasteiger partial charge in [-0.2, -0.15) is 0 Å². The van der Waals surface area contributed by atoms with E-state index in [0.29, 0.717) is 5.92 Å². The summed E-state index contributed by atoms with van der Waals surface area (Å²) in [6, 6.07) is 7.02. The average Bonchev–Trinajstić information content (AvgIpc) is 2.46. The van der Waals surface area contributed by atoms with Crippen LogP contribution in [0.4, 0.5) is 5.69 Å². The topological polar surface area (TPSA) is 55.2 Å². The van der Waals surface area contributed by atoms with Crippen molar-refractivity contribution >= 4 is 5.69 Å². The summed E-state index contributed by atoms with van der Waals surface area (Å²) < 4.78 is 0. The van der Waals surface area contributed by atoms with Crippen LogP contribution >= 0.6 is 0 Å². The van der Waals surface area contributed by atoms with Gasteiger partial charge >= 0.3 is 0 Å². The van der Waals surface area contributed by atoms with Gasteiger partial charge in [0.1, 0.15) is 0 Å². The highest BCUT2D eigenvalue weighted by Crippen LogP contribution is 2.20. The lowest BCUT2D eigenvalue weighted by Gasteiger charge is -2.21. The summed E-state index contributed by atoms with van der Waals surface area (Å²) in [4.78, 5) is 10.2. The van der Waals surface area contributed by atoms with Gasteiger partial charge in [-0.1, -0.05) is 24.3 Å². The first-order valence-electron chi connectivity index (χ1n) is 6.79. The summed E-state index contributed by atoms with van der Waals surface area (Å²) in [6.07, 6.45) is 8.08. The van der Waals surface area contributed by atoms with Crippen LogP contribution in [0.1, 0.15) is 37.8 Å². The molecule has 1 aromatic rings. The van der Waals surface area contributed by atoms with E-state index in [9.17, 15) is 10.1 Å². The SMILES string of the molecule is CC(NCC1CC=CCC1)c1ccc([N+](=O)[O-])cc1. The molecule has 2 rings (SSSR count). The van der Waals surface area contributed by atoms with Crippen molar-refractivity contribution in [1.29, 1.82) is 0 Å². The Kier molecular flexibility index (Phi) is 4.68. The van der Waals surface area contributed by atoms with Crippen LogP contribution in [0.2, 0.25) is 0 Å². The molecular formula is C15H20N2O2. The molecule has 0 fully saturated rings. The summed E-state index contributed by atoms with van der Waals surface area (Å²) >= 11 is 0. The van der Waals surface area contributed by atoms with Crippen LogP contribution in [-0.2, 0) is 0 Å². The van der Waals surface area contributed by atoms with Gasteiger partial charge in [0.05, 0.1) is 4.92 Å². The molecule has 0 saturated heterocycles. The monoisotopic (exact) mass is 260 g/mol. The van der Waals surface area contributed by atoms with Gasteiger partial charge in [-0.3, -0.25) is 10.1 Å². The first-order chi connectivity index (χ1) is 9.16. The van der Waals surface area contributed by atoms with Crippen molar-refractivity contribution < 1.29 is 4.92 Å². The predicted molar refractivity (Wildman–Crippen MR) is 76.0 cm³/mol. The maximum absolute atomic E-state index is 10.6. The number of rotatable bonds is 5. The average molecular weight is 260 g/mol. The van der Waals surface area contributed by atoms with Crippen LogP contribution in [0.5, 0.6) is 0 Å². The van der Waals surface area contributed by atoms with Crippen LogP contribution < -0.4 is 5.32 Å². The molecule has 2 atom stereocenters. The first kappa shape index (κ1) is 13.7. The van der Waals surface area contributed by atoms with Gasteiger partial charge in [-0.05, 0) is 44.2 Å². The van der Waals surface area contributed by atoms with Crippen molar-refractivity contribution in [2.24, 2.45) is 5.92 Å². The molecule has 1 aliphatic rings. The van der Waals surface area contributed by atoms with E-state index >= 15 is 0 Å². The smallest absolute Gasteiger partial charge is 0.269 e. The highest BCUT2D eigenvalue weighted by Gasteiger charge is 2.13. The van der Waals surface area contributed by atoms with E-state index in [1.165, 1.54) is 12.8 Å². The number of hydrogen-bond donors (Lipinski definition) is 1. The van der Waals surface area contributed by atoms with Gasteiger partial charge in [-0.15, -0.1) is 0 Å². The van der Waals surface area contributed by atoms with Crippen molar-refractivity contribution in [3.8, 4) is 0 Å². The molecule has 0 heterocycles. The van der Waals surface area contributed by atoms with Crippen LogP contribution in [0, 0.1) is 16.0 Å². The van der Waals surface area contributed by atoms with E-state index in [0.717, 1.165) is 18.5 Å². The minimum absolute atomic E-state index is 0.147. The van der Waals surface area contributed by atoms with Gasteiger partial charge in [-0.25, -0.2) is 0 Å². The zero-order valence-corrected chi connectivity index (χ0v) is 11.2. The van der Waals surface area contributed by atoms with Crippen LogP contribution in [0.25, 0.3) is 0 Å². The number of nitro groups is 1. The lowest BCUT2D eigenvalue weighted by molar-refractivity contribution is -0.384. The molecular weight excluding hydrogens is 240 g/mol. The standard InChI is InChI=1S/C15H20N2O2/c1-12(16-11-13-5-3-2-4-6-13)14-7-9-15(10-8-14)17(18)19/h2-3,7-10,12-13,16H,4-6,11H2,1H3. The van der Waals surface area contributed by atoms with Gasteiger partial charge in [0, 0.05) is 18.2 Å². The Balaban J connectivity index is 1.86. The number of nitrogens with zero attached hydrogens (tertiary/aromatic N) is 1. The second kappa shape index (κ2) is 6.48. The number of non-ortho nitro benzene ring substituents is 1. The van der Waals surface area contributed by atoms with Crippen molar-refractivity contribution in [2.75, 3.05) is 6.54 Å². The molecule has 0 saturated carbocycles. The molecule has 0 amide bonds. The lowest BCUT2D eigenvalue weighted by Crippen LogP contribution is -2.26. The molecule has 4 nitrogen and oxygen atoms in total. The summed E-state index contributed by atoms with van der Waals surface area (Å²) in [7, 11) is 0. The fourth-order valence-electron chi connectivity index (χ4n) is 2.39. The number of nitro benzene ring substituents is 1. The Morgan fingerprint density at radius 3 is 2.68 bits per heavy atom. The second-order valence-electron chi connectivity index (χ2n) is 5.13. The molecule has 19 heavy (non-hydrogen) atoms. The Bertz CT molecular complexity index is 454. The quantitative estimate of drug-likeness (QED) is 0.500. The number of allylic oxidation sites excluding steroid dienone is 2. The van der Waals surface area contributed by atoms with E-state index in [2.05, 4.69) is 24.4 Å². The van der Waals surface area contributed by atoms with Gasteiger partial charge in [0.25, 0.3) is 5.69 Å². The molecule has 1 aliphatic carbocycles. The fourth-order valence-corrected chi connectivity index (χ4v) is 2.39. The molecule has 2 unspecified atom stereocenters. The third kappa shape index (κ3) is 3.89. The minimum Gasteiger partial charge on any atom is -0.310 e. The maximum Gasteiger partial charge on any atom is 0.269 e. The Hall–Kier alpha value is -1.68. The molecule has 0 spiro atoms. The van der Waals surface area contributed by atoms with Crippen molar-refractivity contribution in [1.82, 2.24) is 5.32 Å². The third-order valence-corrected chi connectivity index (χ3v) is 3.69. The van der Waals surface area contributed by atoms with E-state index in [1.54, 1.807) is 12.1 Å². The normalized spacial score (nSPS) is 20.2. The van der Waals surface area contributed by atoms with E-state index < -0.39 is 0 Å². The number of nitrogens with one attached hydrogen (secondary N) is 1. The van der Waals surface area contributed by atoms with E-state index in [1.807, 2.05) is 12.1 Å². The molecule has 0 aliphatic heterocycles. The first-order valence-corrected chi connectivity index (χ1v) is 6.79. The lowest BCUT2D eigenvalue weighted by atomic mass is 9.94. The second-order valence-corrected chi connectivity index (χ2v) is 5.13. The zero-order valence-electron chi connectivity index (χ0n) is 11.2. The summed E-state index contributed by atoms with van der Waals surface area (Å²) in [5, 5.41) is 14.1. The molecule has 1 N–H and O–H groups in total. The Morgan fingerprint density at radius 2 is 2.11 bits per heavy atom. The summed E-state index contributed by atoms with van der Waals surface area (Å²) in [5.41, 5.74) is 1.24. The highest BCUT2D eigenvalue weighted by atomic mass is 16.6. The Morgan fingerprint density at radius 1 is 1.37 bits per heavy atom. The van der Waals surface area contributed by atoms with Crippen LogP contribution in [0.15, 0.2) is 36.4 Å². The number of benzene rings is 1.